The third-order valence-corrected chi connectivity index (χ3v) is 9.85. The number of hydrogen-bond acceptors (Lipinski definition) is 7. The number of benzene rings is 2. The molecule has 1 N–H and O–H groups in total. The Bertz CT molecular complexity index is 1570. The summed E-state index contributed by atoms with van der Waals surface area (Å²) < 4.78 is 32.0. The molecule has 0 radical (unpaired) electrons. The Morgan fingerprint density at radius 3 is 2.16 bits per heavy atom. The lowest BCUT2D eigenvalue weighted by Crippen LogP contribution is -2.56. The van der Waals surface area contributed by atoms with Gasteiger partial charge in [0, 0.05) is 24.5 Å². The highest BCUT2D eigenvalue weighted by molar-refractivity contribution is 8.04. The van der Waals surface area contributed by atoms with E-state index in [1.807, 2.05) is 48.2 Å². The van der Waals surface area contributed by atoms with E-state index in [1.54, 1.807) is 39.8 Å². The van der Waals surface area contributed by atoms with E-state index in [0.717, 1.165) is 64.9 Å². The van der Waals surface area contributed by atoms with Crippen LogP contribution in [0.25, 0.3) is 10.8 Å². The van der Waals surface area contributed by atoms with E-state index in [-0.39, 0.29) is 34.7 Å². The largest absolute Gasteiger partial charge is 0.335 e. The Kier molecular flexibility index (Phi) is 11.6. The second-order valence-electron chi connectivity index (χ2n) is 10.6. The first-order chi connectivity index (χ1) is 20.7. The standard InChI is InChI=1S/C32H39N3O5S3/c1-3-5-7-12-21-35-31(37)26(30(36)34(32(35)41)20-6-4-2)16-10-11-17-28-33(22-13-23-43(38,39)40)27-19-18-24-14-8-9-15-25(24)29(27)42-28/h8-11,14-19H,3-7,12-13,20-23H2,1-2H3,(H,38,39,40)/b11-10+,26-16+,28-17+. The summed E-state index contributed by atoms with van der Waals surface area (Å²) in [5, 5.41) is 3.36. The fraction of sp³-hybridized carbons (Fsp3) is 0.406. The molecule has 8 nitrogen and oxygen atoms in total. The van der Waals surface area contributed by atoms with E-state index >= 15 is 0 Å². The van der Waals surface area contributed by atoms with Gasteiger partial charge in [0.1, 0.15) is 5.57 Å². The molecule has 43 heavy (non-hydrogen) atoms. The van der Waals surface area contributed by atoms with Gasteiger partial charge in [-0.1, -0.05) is 93.8 Å². The molecule has 2 aliphatic rings. The topological polar surface area (TPSA) is 98.2 Å². The van der Waals surface area contributed by atoms with Crippen LogP contribution in [0.4, 0.5) is 5.69 Å². The Hall–Kier alpha value is -2.99. The highest BCUT2D eigenvalue weighted by Crippen LogP contribution is 2.49. The number of fused-ring (bicyclic) bond motifs is 3. The Morgan fingerprint density at radius 2 is 1.47 bits per heavy atom. The molecule has 0 bridgehead atoms. The number of thioether (sulfide) groups is 1. The van der Waals surface area contributed by atoms with Gasteiger partial charge < -0.3 is 4.90 Å². The van der Waals surface area contributed by atoms with Crippen molar-refractivity contribution in [1.82, 2.24) is 9.80 Å². The minimum absolute atomic E-state index is 0.0909. The summed E-state index contributed by atoms with van der Waals surface area (Å²) in [6, 6.07) is 12.1. The van der Waals surface area contributed by atoms with Gasteiger partial charge in [-0.05, 0) is 60.5 Å². The van der Waals surface area contributed by atoms with Gasteiger partial charge in [-0.15, -0.1) is 0 Å². The first-order valence-electron chi connectivity index (χ1n) is 14.8. The fourth-order valence-electron chi connectivity index (χ4n) is 5.13. The number of carbonyl (C=O) groups excluding carboxylic acids is 2. The molecule has 2 aromatic carbocycles. The third kappa shape index (κ3) is 8.14. The van der Waals surface area contributed by atoms with E-state index in [0.29, 0.717) is 19.6 Å². The van der Waals surface area contributed by atoms with Crippen molar-refractivity contribution in [2.24, 2.45) is 0 Å². The number of thiocarbonyl (C=S) groups is 1. The van der Waals surface area contributed by atoms with Crippen molar-refractivity contribution in [1.29, 1.82) is 0 Å². The molecule has 2 heterocycles. The number of carbonyl (C=O) groups is 2. The summed E-state index contributed by atoms with van der Waals surface area (Å²) in [6.07, 6.45) is 12.9. The minimum atomic E-state index is -4.07. The quantitative estimate of drug-likeness (QED) is 0.0801. The summed E-state index contributed by atoms with van der Waals surface area (Å²) in [4.78, 5) is 32.9. The Labute approximate surface area is 264 Å². The van der Waals surface area contributed by atoms with Crippen molar-refractivity contribution in [2.75, 3.05) is 30.3 Å². The lowest BCUT2D eigenvalue weighted by atomic mass is 10.1. The molecule has 0 aromatic heterocycles. The zero-order valence-corrected chi connectivity index (χ0v) is 27.1. The number of allylic oxidation sites excluding steroid dienone is 4. The summed E-state index contributed by atoms with van der Waals surface area (Å²) >= 11 is 7.17. The van der Waals surface area contributed by atoms with Gasteiger partial charge >= 0.3 is 0 Å². The fourth-order valence-corrected chi connectivity index (χ4v) is 7.21. The first kappa shape index (κ1) is 32.9. The van der Waals surface area contributed by atoms with Gasteiger partial charge in [-0.3, -0.25) is 23.9 Å². The van der Waals surface area contributed by atoms with E-state index < -0.39 is 10.1 Å². The Morgan fingerprint density at radius 1 is 0.814 bits per heavy atom. The van der Waals surface area contributed by atoms with Gasteiger partial charge in [0.05, 0.1) is 16.5 Å². The predicted molar refractivity (Wildman–Crippen MR) is 179 cm³/mol. The number of rotatable bonds is 14. The molecule has 11 heteroatoms. The molecule has 0 aliphatic carbocycles. The smallest absolute Gasteiger partial charge is 0.265 e. The maximum absolute atomic E-state index is 13.4. The van der Waals surface area contributed by atoms with Crippen molar-refractivity contribution in [3.05, 3.63) is 71.3 Å². The normalized spacial score (nSPS) is 17.8. The molecule has 1 saturated heterocycles. The predicted octanol–water partition coefficient (Wildman–Crippen LogP) is 6.69. The van der Waals surface area contributed by atoms with Crippen LogP contribution in [-0.2, 0) is 19.7 Å². The summed E-state index contributed by atoms with van der Waals surface area (Å²) in [5.41, 5.74) is 1.06. The minimum Gasteiger partial charge on any atom is -0.335 e. The second kappa shape index (κ2) is 15.1. The molecule has 0 atom stereocenters. The molecule has 230 valence electrons. The number of anilines is 1. The number of amides is 2. The van der Waals surface area contributed by atoms with Crippen LogP contribution in [0.2, 0.25) is 0 Å². The highest BCUT2D eigenvalue weighted by Gasteiger charge is 2.38. The van der Waals surface area contributed by atoms with E-state index in [9.17, 15) is 22.6 Å². The van der Waals surface area contributed by atoms with Crippen LogP contribution in [0, 0.1) is 0 Å². The zero-order chi connectivity index (χ0) is 31.0. The maximum Gasteiger partial charge on any atom is 0.265 e. The average Bonchev–Trinajstić information content (AvgIpc) is 3.33. The first-order valence-corrected chi connectivity index (χ1v) is 17.7. The van der Waals surface area contributed by atoms with Crippen molar-refractivity contribution in [2.45, 2.75) is 63.7 Å². The van der Waals surface area contributed by atoms with Crippen LogP contribution in [0.15, 0.2) is 76.2 Å². The second-order valence-corrected chi connectivity index (χ2v) is 13.6. The molecule has 0 spiro atoms. The van der Waals surface area contributed by atoms with E-state index in [2.05, 4.69) is 13.0 Å². The van der Waals surface area contributed by atoms with Gasteiger partial charge in [0.25, 0.3) is 21.9 Å². The summed E-state index contributed by atoms with van der Waals surface area (Å²) in [7, 11) is -4.07. The van der Waals surface area contributed by atoms with Gasteiger partial charge in [0.2, 0.25) is 0 Å². The molecule has 2 amide bonds. The van der Waals surface area contributed by atoms with Gasteiger partial charge in [-0.2, -0.15) is 8.42 Å². The third-order valence-electron chi connectivity index (χ3n) is 7.40. The lowest BCUT2D eigenvalue weighted by Gasteiger charge is -2.36. The van der Waals surface area contributed by atoms with Crippen molar-refractivity contribution < 1.29 is 22.6 Å². The van der Waals surface area contributed by atoms with Crippen LogP contribution in [0.3, 0.4) is 0 Å². The van der Waals surface area contributed by atoms with Crippen LogP contribution in [0.1, 0.15) is 58.8 Å². The molecule has 2 aliphatic heterocycles. The molecular formula is C32H39N3O5S3. The number of hydrogen-bond donors (Lipinski definition) is 1. The van der Waals surface area contributed by atoms with Crippen molar-refractivity contribution in [3.8, 4) is 0 Å². The lowest BCUT2D eigenvalue weighted by molar-refractivity contribution is -0.133. The summed E-state index contributed by atoms with van der Waals surface area (Å²) in [5.74, 6) is -1.06. The molecule has 4 rings (SSSR count). The van der Waals surface area contributed by atoms with Crippen LogP contribution in [-0.4, -0.2) is 65.1 Å². The number of nitrogens with zero attached hydrogens (tertiary/aromatic N) is 3. The van der Waals surface area contributed by atoms with Gasteiger partial charge in [0.15, 0.2) is 5.11 Å². The monoisotopic (exact) mass is 641 g/mol. The van der Waals surface area contributed by atoms with Crippen molar-refractivity contribution in [3.63, 3.8) is 0 Å². The Balaban J connectivity index is 1.59. The van der Waals surface area contributed by atoms with E-state index in [1.165, 1.54) is 0 Å². The SMILES string of the molecule is CCCCCCN1C(=O)/C(=C/C=C/C=C2/Sc3c(ccc4ccccc34)N2CCCS(=O)(=O)O)C(=O)N(CCCC)C1=S. The summed E-state index contributed by atoms with van der Waals surface area (Å²) in [6.45, 7) is 5.53. The molecule has 2 aromatic rings. The molecular weight excluding hydrogens is 603 g/mol. The maximum atomic E-state index is 13.4. The average molecular weight is 642 g/mol. The van der Waals surface area contributed by atoms with Crippen LogP contribution >= 0.6 is 24.0 Å². The highest BCUT2D eigenvalue weighted by atomic mass is 32.2. The van der Waals surface area contributed by atoms with Crippen LogP contribution in [0.5, 0.6) is 0 Å². The van der Waals surface area contributed by atoms with Crippen LogP contribution < -0.4 is 4.90 Å². The van der Waals surface area contributed by atoms with Gasteiger partial charge in [-0.25, -0.2) is 0 Å². The molecule has 1 fully saturated rings. The van der Waals surface area contributed by atoms with E-state index in [4.69, 9.17) is 12.2 Å². The molecule has 0 saturated carbocycles. The molecule has 0 unspecified atom stereocenters. The number of unbranched alkanes of at least 4 members (excludes halogenated alkanes) is 4. The zero-order valence-electron chi connectivity index (χ0n) is 24.7. The van der Waals surface area contributed by atoms with Crippen molar-refractivity contribution >= 4 is 67.5 Å².